The van der Waals surface area contributed by atoms with Gasteiger partial charge in [0.25, 0.3) is 5.91 Å². The molecule has 1 saturated heterocycles. The largest absolute Gasteiger partial charge is 0.433 e. The summed E-state index contributed by atoms with van der Waals surface area (Å²) in [5, 5.41) is 0.632. The van der Waals surface area contributed by atoms with Crippen molar-refractivity contribution in [3.05, 3.63) is 63.8 Å². The Balaban J connectivity index is 1.53. The van der Waals surface area contributed by atoms with E-state index >= 15 is 0 Å². The molecule has 0 radical (unpaired) electrons. The Morgan fingerprint density at radius 2 is 1.75 bits per heavy atom. The zero-order chi connectivity index (χ0) is 23.0. The number of anilines is 1. The Morgan fingerprint density at radius 3 is 2.41 bits per heavy atom. The summed E-state index contributed by atoms with van der Waals surface area (Å²) in [6, 6.07) is 9.35. The fourth-order valence-corrected chi connectivity index (χ4v) is 3.53. The second-order valence-corrected chi connectivity index (χ2v) is 7.90. The monoisotopic (exact) mass is 446 g/mol. The minimum atomic E-state index is -4.58. The lowest BCUT2D eigenvalue weighted by atomic mass is 10.1. The maximum absolute atomic E-state index is 13.3. The number of halogens is 3. The van der Waals surface area contributed by atoms with Crippen molar-refractivity contribution in [1.82, 2.24) is 14.9 Å². The van der Waals surface area contributed by atoms with E-state index in [0.29, 0.717) is 16.7 Å². The summed E-state index contributed by atoms with van der Waals surface area (Å²) in [6.07, 6.45) is -4.58. The Hall–Kier alpha value is -3.43. The van der Waals surface area contributed by atoms with Crippen LogP contribution in [0.2, 0.25) is 0 Å². The Kier molecular flexibility index (Phi) is 5.62. The maximum atomic E-state index is 13.3. The highest BCUT2D eigenvalue weighted by Gasteiger charge is 2.35. The van der Waals surface area contributed by atoms with Gasteiger partial charge in [0.1, 0.15) is 16.8 Å². The van der Waals surface area contributed by atoms with Gasteiger partial charge in [-0.05, 0) is 24.1 Å². The first-order chi connectivity index (χ1) is 15.1. The van der Waals surface area contributed by atoms with Gasteiger partial charge in [0.15, 0.2) is 0 Å². The van der Waals surface area contributed by atoms with E-state index in [4.69, 9.17) is 4.42 Å². The maximum Gasteiger partial charge on any atom is 0.433 e. The molecule has 7 nitrogen and oxygen atoms in total. The number of hydrogen-bond donors (Lipinski definition) is 0. The normalized spacial score (nSPS) is 14.9. The van der Waals surface area contributed by atoms with E-state index in [1.165, 1.54) is 11.0 Å². The highest BCUT2D eigenvalue weighted by molar-refractivity contribution is 5.96. The van der Waals surface area contributed by atoms with Crippen LogP contribution in [-0.4, -0.2) is 47.0 Å². The number of nitrogens with zero attached hydrogens (tertiary/aromatic N) is 4. The van der Waals surface area contributed by atoms with Crippen molar-refractivity contribution < 1.29 is 22.4 Å². The van der Waals surface area contributed by atoms with Crippen LogP contribution in [0.3, 0.4) is 0 Å². The number of hydrogen-bond acceptors (Lipinski definition) is 6. The van der Waals surface area contributed by atoms with E-state index in [2.05, 4.69) is 9.97 Å². The van der Waals surface area contributed by atoms with Crippen LogP contribution in [0.15, 0.2) is 45.6 Å². The lowest BCUT2D eigenvalue weighted by Gasteiger charge is -2.35. The average Bonchev–Trinajstić information content (AvgIpc) is 2.77. The van der Waals surface area contributed by atoms with E-state index in [1.54, 1.807) is 43.0 Å². The standard InChI is InChI=1S/C22H21F3N4O3/c1-13(2)16-12-18(22(23,24)25)27-21(26-16)29-9-7-28(8-10-29)19(30)15-11-14-5-3-4-6-17(14)32-20(15)31/h3-6,11-13H,7-10H2,1-2H3. The molecular weight excluding hydrogens is 425 g/mol. The molecule has 0 unspecified atom stereocenters. The molecule has 3 heterocycles. The van der Waals surface area contributed by atoms with Crippen LogP contribution in [0.5, 0.6) is 0 Å². The molecule has 0 aliphatic carbocycles. The molecule has 1 aliphatic heterocycles. The number of amides is 1. The van der Waals surface area contributed by atoms with E-state index in [0.717, 1.165) is 6.07 Å². The third kappa shape index (κ3) is 4.30. The Bertz CT molecular complexity index is 1220. The number of carbonyl (C=O) groups excluding carboxylic acids is 1. The molecule has 3 aromatic rings. The number of fused-ring (bicyclic) bond motifs is 1. The molecule has 1 aromatic carbocycles. The Morgan fingerprint density at radius 1 is 1.06 bits per heavy atom. The van der Waals surface area contributed by atoms with Crippen molar-refractivity contribution >= 4 is 22.8 Å². The molecule has 0 atom stereocenters. The van der Waals surface area contributed by atoms with Crippen LogP contribution >= 0.6 is 0 Å². The van der Waals surface area contributed by atoms with Gasteiger partial charge in [-0.15, -0.1) is 0 Å². The zero-order valence-electron chi connectivity index (χ0n) is 17.5. The predicted molar refractivity (Wildman–Crippen MR) is 112 cm³/mol. The molecule has 1 amide bonds. The van der Waals surface area contributed by atoms with Crippen molar-refractivity contribution in [2.24, 2.45) is 0 Å². The number of aromatic nitrogens is 2. The molecule has 1 aliphatic rings. The van der Waals surface area contributed by atoms with Crippen LogP contribution in [0, 0.1) is 0 Å². The summed E-state index contributed by atoms with van der Waals surface area (Å²) >= 11 is 0. The third-order valence-corrected chi connectivity index (χ3v) is 5.34. The lowest BCUT2D eigenvalue weighted by molar-refractivity contribution is -0.141. The van der Waals surface area contributed by atoms with Gasteiger partial charge in [0, 0.05) is 37.3 Å². The summed E-state index contributed by atoms with van der Waals surface area (Å²) in [7, 11) is 0. The molecule has 2 aromatic heterocycles. The fourth-order valence-electron chi connectivity index (χ4n) is 3.53. The third-order valence-electron chi connectivity index (χ3n) is 5.34. The molecule has 10 heteroatoms. The Labute approximate surface area is 181 Å². The van der Waals surface area contributed by atoms with Gasteiger partial charge in [0.2, 0.25) is 5.95 Å². The number of rotatable bonds is 3. The van der Waals surface area contributed by atoms with E-state index in [1.807, 2.05) is 0 Å². The van der Waals surface area contributed by atoms with Crippen LogP contribution in [0.1, 0.15) is 41.5 Å². The molecule has 0 spiro atoms. The molecule has 0 saturated carbocycles. The smallest absolute Gasteiger partial charge is 0.422 e. The number of benzene rings is 1. The SMILES string of the molecule is CC(C)c1cc(C(F)(F)F)nc(N2CCN(C(=O)c3cc4ccccc4oc3=O)CC2)n1. The van der Waals surface area contributed by atoms with Crippen LogP contribution < -0.4 is 10.5 Å². The van der Waals surface area contributed by atoms with Gasteiger partial charge < -0.3 is 14.2 Å². The first-order valence-corrected chi connectivity index (χ1v) is 10.2. The second-order valence-electron chi connectivity index (χ2n) is 7.90. The number of alkyl halides is 3. The molecule has 0 bridgehead atoms. The lowest BCUT2D eigenvalue weighted by Crippen LogP contribution is -2.50. The summed E-state index contributed by atoms with van der Waals surface area (Å²) in [5.74, 6) is -0.689. The molecule has 32 heavy (non-hydrogen) atoms. The van der Waals surface area contributed by atoms with Crippen molar-refractivity contribution in [2.75, 3.05) is 31.1 Å². The summed E-state index contributed by atoms with van der Waals surface area (Å²) < 4.78 is 45.1. The molecule has 168 valence electrons. The minimum absolute atomic E-state index is 0.0131. The van der Waals surface area contributed by atoms with Gasteiger partial charge in [-0.2, -0.15) is 13.2 Å². The predicted octanol–water partition coefficient (Wildman–Crippen LogP) is 3.69. The first kappa shape index (κ1) is 21.8. The highest BCUT2D eigenvalue weighted by Crippen LogP contribution is 2.31. The minimum Gasteiger partial charge on any atom is -0.422 e. The number of para-hydroxylation sites is 1. The topological polar surface area (TPSA) is 79.5 Å². The molecular formula is C22H21F3N4O3. The number of carbonyl (C=O) groups is 1. The summed E-state index contributed by atoms with van der Waals surface area (Å²) in [5.41, 5.74) is -1.09. The molecule has 4 rings (SSSR count). The van der Waals surface area contributed by atoms with E-state index in [-0.39, 0.29) is 43.6 Å². The van der Waals surface area contributed by atoms with Crippen molar-refractivity contribution in [3.63, 3.8) is 0 Å². The van der Waals surface area contributed by atoms with Crippen LogP contribution in [0.4, 0.5) is 19.1 Å². The van der Waals surface area contributed by atoms with Crippen LogP contribution in [-0.2, 0) is 6.18 Å². The highest BCUT2D eigenvalue weighted by atomic mass is 19.4. The van der Waals surface area contributed by atoms with Gasteiger partial charge in [-0.3, -0.25) is 4.79 Å². The average molecular weight is 446 g/mol. The quantitative estimate of drug-likeness (QED) is 0.571. The zero-order valence-corrected chi connectivity index (χ0v) is 17.5. The summed E-state index contributed by atoms with van der Waals surface area (Å²) in [6.45, 7) is 4.42. The van der Waals surface area contributed by atoms with E-state index < -0.39 is 23.4 Å². The van der Waals surface area contributed by atoms with Crippen molar-refractivity contribution in [1.29, 1.82) is 0 Å². The van der Waals surface area contributed by atoms with E-state index in [9.17, 15) is 22.8 Å². The first-order valence-electron chi connectivity index (χ1n) is 10.2. The van der Waals surface area contributed by atoms with Crippen molar-refractivity contribution in [2.45, 2.75) is 25.9 Å². The van der Waals surface area contributed by atoms with Gasteiger partial charge in [-0.1, -0.05) is 32.0 Å². The van der Waals surface area contributed by atoms with Gasteiger partial charge in [-0.25, -0.2) is 14.8 Å². The van der Waals surface area contributed by atoms with Gasteiger partial charge >= 0.3 is 11.8 Å². The fraction of sp³-hybridized carbons (Fsp3) is 0.364. The molecule has 1 fully saturated rings. The number of piperazine rings is 1. The van der Waals surface area contributed by atoms with Crippen molar-refractivity contribution in [3.8, 4) is 0 Å². The molecule has 0 N–H and O–H groups in total. The van der Waals surface area contributed by atoms with Gasteiger partial charge in [0.05, 0.1) is 0 Å². The van der Waals surface area contributed by atoms with Crippen LogP contribution in [0.25, 0.3) is 11.0 Å². The second kappa shape index (κ2) is 8.25. The summed E-state index contributed by atoms with van der Waals surface area (Å²) in [4.78, 5) is 36.3.